The van der Waals surface area contributed by atoms with E-state index in [1.54, 1.807) is 0 Å². The summed E-state index contributed by atoms with van der Waals surface area (Å²) in [5.74, 6) is 1.01. The smallest absolute Gasteiger partial charge is 0.0610 e. The van der Waals surface area contributed by atoms with E-state index in [0.29, 0.717) is 0 Å². The van der Waals surface area contributed by atoms with Crippen LogP contribution in [-0.4, -0.2) is 30.1 Å². The molecule has 2 N–H and O–H groups in total. The quantitative estimate of drug-likeness (QED) is 0.784. The van der Waals surface area contributed by atoms with E-state index >= 15 is 0 Å². The fraction of sp³-hybridized carbons (Fsp3) is 0.625. The molecule has 0 aliphatic carbocycles. The summed E-state index contributed by atoms with van der Waals surface area (Å²) < 4.78 is 0. The van der Waals surface area contributed by atoms with Crippen LogP contribution in [0.4, 0.5) is 0 Å². The molecule has 2 nitrogen and oxygen atoms in total. The molecule has 19 heavy (non-hydrogen) atoms. The molecule has 3 heteroatoms. The first-order valence-corrected chi connectivity index (χ1v) is 7.82. The third kappa shape index (κ3) is 5.17. The Balaban J connectivity index is 2.51. The van der Waals surface area contributed by atoms with Crippen molar-refractivity contribution in [1.82, 2.24) is 5.32 Å². The first-order chi connectivity index (χ1) is 8.80. The van der Waals surface area contributed by atoms with Crippen molar-refractivity contribution in [3.63, 3.8) is 0 Å². The summed E-state index contributed by atoms with van der Waals surface area (Å²) in [6.07, 6.45) is 0.950. The summed E-state index contributed by atoms with van der Waals surface area (Å²) in [4.78, 5) is 1.30. The minimum absolute atomic E-state index is 0.168. The molecule has 0 saturated carbocycles. The van der Waals surface area contributed by atoms with Crippen molar-refractivity contribution >= 4 is 11.8 Å². The van der Waals surface area contributed by atoms with E-state index < -0.39 is 0 Å². The molecule has 0 fully saturated rings. The molecule has 0 aliphatic rings. The van der Waals surface area contributed by atoms with Gasteiger partial charge in [0.1, 0.15) is 0 Å². The van der Waals surface area contributed by atoms with Gasteiger partial charge in [0.25, 0.3) is 0 Å². The largest absolute Gasteiger partial charge is 0.394 e. The Hall–Kier alpha value is -0.510. The van der Waals surface area contributed by atoms with Crippen LogP contribution < -0.4 is 5.32 Å². The molecular weight excluding hydrogens is 254 g/mol. The third-order valence-corrected chi connectivity index (χ3v) is 4.61. The number of aliphatic hydroxyl groups excluding tert-OH is 1. The molecule has 0 saturated heterocycles. The zero-order valence-electron chi connectivity index (χ0n) is 12.8. The summed E-state index contributed by atoms with van der Waals surface area (Å²) in [5.41, 5.74) is 1.41. The first-order valence-electron chi connectivity index (χ1n) is 6.84. The standard InChI is InChI=1S/C16H27NOS/c1-15(2,3)13-6-8-14(9-7-13)19-11-10-16(4,12-18)17-5/h6-9,17-18H,10-12H2,1-5H3. The molecule has 0 aromatic heterocycles. The summed E-state index contributed by atoms with van der Waals surface area (Å²) >= 11 is 1.85. The monoisotopic (exact) mass is 281 g/mol. The van der Waals surface area contributed by atoms with Crippen LogP contribution in [0.1, 0.15) is 39.7 Å². The topological polar surface area (TPSA) is 32.3 Å². The first kappa shape index (κ1) is 16.5. The van der Waals surface area contributed by atoms with Gasteiger partial charge in [-0.05, 0) is 49.3 Å². The van der Waals surface area contributed by atoms with E-state index in [0.717, 1.165) is 12.2 Å². The second-order valence-electron chi connectivity index (χ2n) is 6.34. The van der Waals surface area contributed by atoms with Gasteiger partial charge in [-0.15, -0.1) is 11.8 Å². The average molecular weight is 281 g/mol. The second kappa shape index (κ2) is 6.78. The van der Waals surface area contributed by atoms with Crippen molar-refractivity contribution in [2.45, 2.75) is 50.0 Å². The van der Waals surface area contributed by atoms with Gasteiger partial charge in [-0.1, -0.05) is 32.9 Å². The van der Waals surface area contributed by atoms with Crippen LogP contribution in [0.5, 0.6) is 0 Å². The number of likely N-dealkylation sites (N-methyl/N-ethyl adjacent to an activating group) is 1. The summed E-state index contributed by atoms with van der Waals surface area (Å²) in [6.45, 7) is 8.92. The predicted molar refractivity (Wildman–Crippen MR) is 85.0 cm³/mol. The Kier molecular flexibility index (Phi) is 5.90. The molecule has 1 aromatic rings. The molecule has 0 spiro atoms. The lowest BCUT2D eigenvalue weighted by molar-refractivity contribution is 0.179. The predicted octanol–water partition coefficient (Wildman–Crippen LogP) is 3.44. The van der Waals surface area contributed by atoms with Gasteiger partial charge in [0, 0.05) is 10.4 Å². The number of hydrogen-bond acceptors (Lipinski definition) is 3. The summed E-state index contributed by atoms with van der Waals surface area (Å²) in [5, 5.41) is 12.5. The van der Waals surface area contributed by atoms with Crippen LogP contribution in [-0.2, 0) is 5.41 Å². The maximum Gasteiger partial charge on any atom is 0.0610 e. The van der Waals surface area contributed by atoms with Gasteiger partial charge in [-0.3, -0.25) is 0 Å². The molecule has 0 aliphatic heterocycles. The van der Waals surface area contributed by atoms with E-state index in [9.17, 15) is 5.11 Å². The van der Waals surface area contributed by atoms with Gasteiger partial charge in [0.2, 0.25) is 0 Å². The molecule has 0 radical (unpaired) electrons. The van der Waals surface area contributed by atoms with Gasteiger partial charge in [0.15, 0.2) is 0 Å². The molecule has 1 rings (SSSR count). The van der Waals surface area contributed by atoms with Gasteiger partial charge < -0.3 is 10.4 Å². The number of rotatable bonds is 6. The minimum atomic E-state index is -0.168. The van der Waals surface area contributed by atoms with Crippen LogP contribution in [0.25, 0.3) is 0 Å². The molecule has 0 heterocycles. The molecular formula is C16H27NOS. The van der Waals surface area contributed by atoms with Gasteiger partial charge in [0.05, 0.1) is 6.61 Å². The normalized spacial score (nSPS) is 15.3. The molecule has 1 aromatic carbocycles. The summed E-state index contributed by atoms with van der Waals surface area (Å²) in [7, 11) is 1.90. The van der Waals surface area contributed by atoms with Crippen LogP contribution in [0.2, 0.25) is 0 Å². The van der Waals surface area contributed by atoms with Crippen molar-refractivity contribution in [1.29, 1.82) is 0 Å². The highest BCUT2D eigenvalue weighted by Crippen LogP contribution is 2.26. The maximum atomic E-state index is 9.34. The Morgan fingerprint density at radius 3 is 2.11 bits per heavy atom. The Morgan fingerprint density at radius 1 is 1.11 bits per heavy atom. The molecule has 0 bridgehead atoms. The van der Waals surface area contributed by atoms with Gasteiger partial charge in [-0.2, -0.15) is 0 Å². The van der Waals surface area contributed by atoms with Crippen molar-refractivity contribution in [3.8, 4) is 0 Å². The van der Waals surface area contributed by atoms with E-state index in [2.05, 4.69) is 57.3 Å². The van der Waals surface area contributed by atoms with E-state index in [4.69, 9.17) is 0 Å². The number of aliphatic hydroxyl groups is 1. The van der Waals surface area contributed by atoms with Crippen molar-refractivity contribution in [3.05, 3.63) is 29.8 Å². The highest BCUT2D eigenvalue weighted by atomic mass is 32.2. The van der Waals surface area contributed by atoms with Gasteiger partial charge >= 0.3 is 0 Å². The minimum Gasteiger partial charge on any atom is -0.394 e. The highest BCUT2D eigenvalue weighted by Gasteiger charge is 2.20. The number of nitrogens with one attached hydrogen (secondary N) is 1. The Labute approximate surface area is 122 Å². The number of thioether (sulfide) groups is 1. The fourth-order valence-electron chi connectivity index (χ4n) is 1.73. The Bertz CT molecular complexity index is 377. The van der Waals surface area contributed by atoms with E-state index in [1.165, 1.54) is 10.5 Å². The van der Waals surface area contributed by atoms with E-state index in [1.807, 2.05) is 18.8 Å². The zero-order chi connectivity index (χ0) is 14.5. The molecule has 0 amide bonds. The van der Waals surface area contributed by atoms with E-state index in [-0.39, 0.29) is 17.6 Å². The highest BCUT2D eigenvalue weighted by molar-refractivity contribution is 7.99. The molecule has 1 unspecified atom stereocenters. The van der Waals surface area contributed by atoms with Crippen molar-refractivity contribution < 1.29 is 5.11 Å². The van der Waals surface area contributed by atoms with Crippen molar-refractivity contribution in [2.75, 3.05) is 19.4 Å². The lowest BCUT2D eigenvalue weighted by atomic mass is 9.87. The molecule has 1 atom stereocenters. The fourth-order valence-corrected chi connectivity index (χ4v) is 2.85. The molecule has 108 valence electrons. The Morgan fingerprint density at radius 2 is 1.68 bits per heavy atom. The second-order valence-corrected chi connectivity index (χ2v) is 7.51. The average Bonchev–Trinajstić information content (AvgIpc) is 2.38. The van der Waals surface area contributed by atoms with Crippen LogP contribution in [0.3, 0.4) is 0 Å². The maximum absolute atomic E-state index is 9.34. The van der Waals surface area contributed by atoms with Crippen molar-refractivity contribution in [2.24, 2.45) is 0 Å². The lowest BCUT2D eigenvalue weighted by Crippen LogP contribution is -2.43. The number of benzene rings is 1. The van der Waals surface area contributed by atoms with Gasteiger partial charge in [-0.25, -0.2) is 0 Å². The zero-order valence-corrected chi connectivity index (χ0v) is 13.6. The number of hydrogen-bond donors (Lipinski definition) is 2. The van der Waals surface area contributed by atoms with Crippen LogP contribution in [0, 0.1) is 0 Å². The van der Waals surface area contributed by atoms with Crippen LogP contribution >= 0.6 is 11.8 Å². The third-order valence-electron chi connectivity index (χ3n) is 3.60. The van der Waals surface area contributed by atoms with Crippen LogP contribution in [0.15, 0.2) is 29.2 Å². The summed E-state index contributed by atoms with van der Waals surface area (Å²) in [6, 6.07) is 8.82. The lowest BCUT2D eigenvalue weighted by Gasteiger charge is -2.26. The SMILES string of the molecule is CNC(C)(CO)CCSc1ccc(C(C)(C)C)cc1.